The number of aromatic nitrogens is 1. The van der Waals surface area contributed by atoms with Crippen molar-refractivity contribution in [1.82, 2.24) is 14.8 Å². The fraction of sp³-hybridized carbons (Fsp3) is 0.320. The highest BCUT2D eigenvalue weighted by molar-refractivity contribution is 7.08. The molecule has 0 radical (unpaired) electrons. The summed E-state index contributed by atoms with van der Waals surface area (Å²) in [7, 11) is 3.94. The molecule has 34 heavy (non-hydrogen) atoms. The molecule has 0 atom stereocenters. The number of nitrogens with one attached hydrogen (secondary N) is 1. The molecule has 8 nitrogen and oxygen atoms in total. The molecule has 0 fully saturated rings. The van der Waals surface area contributed by atoms with E-state index in [1.807, 2.05) is 54.0 Å². The molecular weight excluding hydrogens is 450 g/mol. The number of benzene rings is 1. The molecule has 0 saturated carbocycles. The molecule has 0 unspecified atom stereocenters. The molecule has 0 spiro atoms. The molecule has 1 aliphatic rings. The minimum absolute atomic E-state index is 0.0838. The van der Waals surface area contributed by atoms with E-state index in [0.717, 1.165) is 41.1 Å². The van der Waals surface area contributed by atoms with E-state index in [0.29, 0.717) is 31.1 Å². The minimum Gasteiger partial charge on any atom is -0.493 e. The third-order valence-electron chi connectivity index (χ3n) is 5.66. The van der Waals surface area contributed by atoms with Crippen molar-refractivity contribution in [3.05, 3.63) is 69.7 Å². The molecule has 0 saturated heterocycles. The highest BCUT2D eigenvalue weighted by Crippen LogP contribution is 2.28. The number of rotatable bonds is 9. The summed E-state index contributed by atoms with van der Waals surface area (Å²) < 4.78 is 5.55. The molecule has 0 aliphatic carbocycles. The van der Waals surface area contributed by atoms with Crippen LogP contribution in [0.5, 0.6) is 5.75 Å². The largest absolute Gasteiger partial charge is 0.493 e. The molecule has 9 heteroatoms. The Balaban J connectivity index is 1.42. The van der Waals surface area contributed by atoms with Gasteiger partial charge in [-0.25, -0.2) is 4.79 Å². The fourth-order valence-corrected chi connectivity index (χ4v) is 4.43. The number of hydrogen-bond donors (Lipinski definition) is 2. The van der Waals surface area contributed by atoms with Crippen LogP contribution in [0.2, 0.25) is 0 Å². The summed E-state index contributed by atoms with van der Waals surface area (Å²) in [6.07, 6.45) is 2.73. The molecule has 4 rings (SSSR count). The summed E-state index contributed by atoms with van der Waals surface area (Å²) >= 11 is 1.48. The van der Waals surface area contributed by atoms with Crippen LogP contribution in [-0.2, 0) is 19.4 Å². The van der Waals surface area contributed by atoms with E-state index < -0.39 is 0 Å². The van der Waals surface area contributed by atoms with Gasteiger partial charge in [0, 0.05) is 55.4 Å². The molecule has 3 N–H and O–H groups in total. The third-order valence-corrected chi connectivity index (χ3v) is 6.47. The lowest BCUT2D eigenvalue weighted by Crippen LogP contribution is -2.39. The molecule has 2 aromatic heterocycles. The number of anilines is 2. The van der Waals surface area contributed by atoms with Crippen molar-refractivity contribution in [2.75, 3.05) is 44.8 Å². The molecule has 0 bridgehead atoms. The van der Waals surface area contributed by atoms with Gasteiger partial charge in [0.1, 0.15) is 11.4 Å². The summed E-state index contributed by atoms with van der Waals surface area (Å²) in [5, 5.41) is 6.71. The van der Waals surface area contributed by atoms with Crippen molar-refractivity contribution in [3.63, 3.8) is 0 Å². The number of Topliss-reactive ketones (excluding diaryl/α,β-unsaturated/α-hetero) is 1. The standard InChI is InChI=1S/C25H29N5O3S/c1-29(2)8-9-30(25(32)28-20-4-6-24-18(11-20)7-10-33-24)14-17-3-5-22(27-13-17)23(31)12-19-15-34-16-21(19)26/h3-6,11,13,15-16H,7-10,12,14,26H2,1-2H3,(H,28,32). The number of nitrogen functional groups attached to an aromatic ring is 1. The maximum Gasteiger partial charge on any atom is 0.322 e. The van der Waals surface area contributed by atoms with E-state index in [2.05, 4.69) is 10.3 Å². The van der Waals surface area contributed by atoms with Crippen LogP contribution in [-0.4, -0.2) is 60.4 Å². The average molecular weight is 480 g/mol. The molecule has 2 amide bonds. The number of carbonyl (C=O) groups is 2. The Bertz CT molecular complexity index is 1160. The lowest BCUT2D eigenvalue weighted by molar-refractivity contribution is 0.0988. The summed E-state index contributed by atoms with van der Waals surface area (Å²) in [5.74, 6) is 0.796. The lowest BCUT2D eigenvalue weighted by Gasteiger charge is -2.25. The van der Waals surface area contributed by atoms with Crippen LogP contribution in [0.4, 0.5) is 16.2 Å². The van der Waals surface area contributed by atoms with E-state index in [1.54, 1.807) is 17.2 Å². The molecule has 3 aromatic rings. The van der Waals surface area contributed by atoms with Gasteiger partial charge < -0.3 is 25.6 Å². The van der Waals surface area contributed by atoms with E-state index >= 15 is 0 Å². The molecular formula is C25H29N5O3S. The number of nitrogens with zero attached hydrogens (tertiary/aromatic N) is 3. The summed E-state index contributed by atoms with van der Waals surface area (Å²) in [4.78, 5) is 33.8. The van der Waals surface area contributed by atoms with Crippen LogP contribution in [0.15, 0.2) is 47.3 Å². The monoisotopic (exact) mass is 479 g/mol. The van der Waals surface area contributed by atoms with E-state index in [9.17, 15) is 9.59 Å². The van der Waals surface area contributed by atoms with Gasteiger partial charge in [0.25, 0.3) is 0 Å². The minimum atomic E-state index is -0.186. The lowest BCUT2D eigenvalue weighted by atomic mass is 10.1. The number of amides is 2. The van der Waals surface area contributed by atoms with Crippen LogP contribution < -0.4 is 15.8 Å². The number of likely N-dealkylation sites (N-methyl/N-ethyl adjacent to an activating group) is 1. The van der Waals surface area contributed by atoms with Crippen molar-refractivity contribution in [1.29, 1.82) is 0 Å². The van der Waals surface area contributed by atoms with Crippen LogP contribution in [0.25, 0.3) is 0 Å². The van der Waals surface area contributed by atoms with Crippen LogP contribution >= 0.6 is 11.3 Å². The number of nitrogens with two attached hydrogens (primary N) is 1. The van der Waals surface area contributed by atoms with Gasteiger partial charge in [-0.15, -0.1) is 11.3 Å². The number of hydrogen-bond acceptors (Lipinski definition) is 7. The van der Waals surface area contributed by atoms with Gasteiger partial charge in [0.15, 0.2) is 5.78 Å². The van der Waals surface area contributed by atoms with Crippen molar-refractivity contribution in [2.24, 2.45) is 0 Å². The predicted molar refractivity (Wildman–Crippen MR) is 135 cm³/mol. The van der Waals surface area contributed by atoms with E-state index in [1.165, 1.54) is 11.3 Å². The van der Waals surface area contributed by atoms with Gasteiger partial charge in [0.05, 0.1) is 6.61 Å². The maximum atomic E-state index is 13.1. The highest BCUT2D eigenvalue weighted by Gasteiger charge is 2.18. The van der Waals surface area contributed by atoms with Gasteiger partial charge in [-0.2, -0.15) is 0 Å². The van der Waals surface area contributed by atoms with Crippen molar-refractivity contribution in [2.45, 2.75) is 19.4 Å². The first-order valence-electron chi connectivity index (χ1n) is 11.1. The maximum absolute atomic E-state index is 13.1. The summed E-state index contributed by atoms with van der Waals surface area (Å²) in [5.41, 5.74) is 10.4. The number of ketones is 1. The fourth-order valence-electron chi connectivity index (χ4n) is 3.68. The number of carbonyl (C=O) groups excluding carboxylic acids is 2. The van der Waals surface area contributed by atoms with Crippen LogP contribution in [0, 0.1) is 0 Å². The quantitative estimate of drug-likeness (QED) is 0.454. The predicted octanol–water partition coefficient (Wildman–Crippen LogP) is 3.68. The SMILES string of the molecule is CN(C)CCN(Cc1ccc(C(=O)Cc2cscc2N)nc1)C(=O)Nc1ccc2c(c1)CCO2. The zero-order valence-electron chi connectivity index (χ0n) is 19.4. The smallest absolute Gasteiger partial charge is 0.322 e. The molecule has 1 aromatic carbocycles. The average Bonchev–Trinajstić information content (AvgIpc) is 3.45. The van der Waals surface area contributed by atoms with Gasteiger partial charge >= 0.3 is 6.03 Å². The Labute approximate surface area is 203 Å². The van der Waals surface area contributed by atoms with E-state index in [-0.39, 0.29) is 18.2 Å². The first kappa shape index (κ1) is 23.7. The van der Waals surface area contributed by atoms with E-state index in [4.69, 9.17) is 10.5 Å². The zero-order valence-corrected chi connectivity index (χ0v) is 20.2. The molecule has 178 valence electrons. The highest BCUT2D eigenvalue weighted by atomic mass is 32.1. The molecule has 3 heterocycles. The van der Waals surface area contributed by atoms with Crippen molar-refractivity contribution in [3.8, 4) is 5.75 Å². The van der Waals surface area contributed by atoms with Gasteiger partial charge in [-0.3, -0.25) is 9.78 Å². The topological polar surface area (TPSA) is 101 Å². The Kier molecular flexibility index (Phi) is 7.44. The number of pyridine rings is 1. The second-order valence-corrected chi connectivity index (χ2v) is 9.32. The number of ether oxygens (including phenoxy) is 1. The van der Waals surface area contributed by atoms with Crippen molar-refractivity contribution < 1.29 is 14.3 Å². The zero-order chi connectivity index (χ0) is 24.1. The van der Waals surface area contributed by atoms with Gasteiger partial charge in [0.2, 0.25) is 0 Å². The molecule has 1 aliphatic heterocycles. The van der Waals surface area contributed by atoms with Gasteiger partial charge in [-0.1, -0.05) is 6.07 Å². The normalized spacial score (nSPS) is 12.3. The first-order valence-corrected chi connectivity index (χ1v) is 12.1. The number of urea groups is 1. The Morgan fingerprint density at radius 2 is 2.03 bits per heavy atom. The Hall–Kier alpha value is -3.43. The van der Waals surface area contributed by atoms with Crippen molar-refractivity contribution >= 4 is 34.5 Å². The second kappa shape index (κ2) is 10.7. The third kappa shape index (κ3) is 5.92. The summed E-state index contributed by atoms with van der Waals surface area (Å²) in [6, 6.07) is 9.09. The number of thiophene rings is 1. The van der Waals surface area contributed by atoms with Crippen LogP contribution in [0.3, 0.4) is 0 Å². The number of fused-ring (bicyclic) bond motifs is 1. The summed E-state index contributed by atoms with van der Waals surface area (Å²) in [6.45, 7) is 2.32. The first-order chi connectivity index (χ1) is 16.4. The Morgan fingerprint density at radius 3 is 2.74 bits per heavy atom. The van der Waals surface area contributed by atoms with Crippen LogP contribution in [0.1, 0.15) is 27.2 Å². The van der Waals surface area contributed by atoms with Gasteiger partial charge in [-0.05, 0) is 60.4 Å². The Morgan fingerprint density at radius 1 is 1.18 bits per heavy atom. The second-order valence-electron chi connectivity index (χ2n) is 8.58.